The Kier molecular flexibility index (Phi) is 9.62. The molecule has 3 rings (SSSR count). The number of carbonyl (C=O) groups excluding carboxylic acids is 2. The molecule has 0 radical (unpaired) electrons. The van der Waals surface area contributed by atoms with Crippen LogP contribution in [0.25, 0.3) is 0 Å². The summed E-state index contributed by atoms with van der Waals surface area (Å²) >= 11 is 6.70. The number of urea groups is 1. The largest absolute Gasteiger partial charge is 0.495 e. The van der Waals surface area contributed by atoms with E-state index in [-0.39, 0.29) is 24.5 Å². The number of methoxy groups -OCH3 is 1. The molecule has 0 aliphatic rings. The quantitative estimate of drug-likeness (QED) is 0.270. The number of hydrogen-bond acceptors (Lipinski definition) is 7. The van der Waals surface area contributed by atoms with Crippen LogP contribution in [0.4, 0.5) is 25.5 Å². The second-order valence-corrected chi connectivity index (χ2v) is 9.89. The van der Waals surface area contributed by atoms with Crippen LogP contribution in [-0.4, -0.2) is 45.2 Å². The minimum Gasteiger partial charge on any atom is -0.495 e. The summed E-state index contributed by atoms with van der Waals surface area (Å²) in [5.41, 5.74) is 0.163. The second-order valence-electron chi connectivity index (χ2n) is 9.39. The standard InChI is InChI=1S/C27H28ClFN6O4/c1-27(2,3)39-26(37)35(16-18-6-5-7-19(29)10-18)23(28)12-17-8-9-21(22(11-17)38-4)33-25(36)34-24-15-31-20(13-30)14-32-24/h5-11,14-15,23H,12,16H2,1-4H3,(H2,32,33,34,36). The zero-order chi connectivity index (χ0) is 28.6. The molecule has 1 unspecified atom stereocenters. The third-order valence-corrected chi connectivity index (χ3v) is 5.52. The number of benzene rings is 2. The van der Waals surface area contributed by atoms with Gasteiger partial charge in [-0.3, -0.25) is 10.2 Å². The lowest BCUT2D eigenvalue weighted by Gasteiger charge is -2.31. The SMILES string of the molecule is COc1cc(CC(Cl)N(Cc2cccc(F)c2)C(=O)OC(C)(C)C)ccc1NC(=O)Nc1cnc(C#N)cn1. The third-order valence-electron chi connectivity index (χ3n) is 5.13. The van der Waals surface area contributed by atoms with E-state index in [1.165, 1.54) is 36.5 Å². The van der Waals surface area contributed by atoms with E-state index in [2.05, 4.69) is 20.6 Å². The normalized spacial score (nSPS) is 11.6. The Bertz CT molecular complexity index is 1360. The summed E-state index contributed by atoms with van der Waals surface area (Å²) in [5.74, 6) is 0.0878. The van der Waals surface area contributed by atoms with Crippen LogP contribution in [0, 0.1) is 17.1 Å². The molecule has 1 heterocycles. The van der Waals surface area contributed by atoms with Gasteiger partial charge in [-0.1, -0.05) is 29.8 Å². The highest BCUT2D eigenvalue weighted by molar-refractivity contribution is 6.21. The Morgan fingerprint density at radius 3 is 2.51 bits per heavy atom. The molecule has 0 saturated heterocycles. The number of halogens is 2. The lowest BCUT2D eigenvalue weighted by molar-refractivity contribution is 0.0205. The van der Waals surface area contributed by atoms with Crippen LogP contribution in [0.3, 0.4) is 0 Å². The molecule has 1 aromatic heterocycles. The van der Waals surface area contributed by atoms with Crippen molar-refractivity contribution in [3.05, 3.63) is 77.5 Å². The number of nitrogens with zero attached hydrogens (tertiary/aromatic N) is 4. The highest BCUT2D eigenvalue weighted by atomic mass is 35.5. The molecule has 12 heteroatoms. The summed E-state index contributed by atoms with van der Waals surface area (Å²) in [6.07, 6.45) is 2.07. The molecule has 0 aliphatic carbocycles. The van der Waals surface area contributed by atoms with E-state index in [0.717, 1.165) is 0 Å². The Morgan fingerprint density at radius 1 is 1.13 bits per heavy atom. The van der Waals surface area contributed by atoms with E-state index >= 15 is 0 Å². The lowest BCUT2D eigenvalue weighted by atomic mass is 10.1. The first-order valence-electron chi connectivity index (χ1n) is 11.8. The van der Waals surface area contributed by atoms with Crippen molar-refractivity contribution in [3.63, 3.8) is 0 Å². The van der Waals surface area contributed by atoms with Gasteiger partial charge >= 0.3 is 12.1 Å². The molecule has 0 bridgehead atoms. The van der Waals surface area contributed by atoms with E-state index in [1.54, 1.807) is 51.1 Å². The van der Waals surface area contributed by atoms with Crippen molar-refractivity contribution < 1.29 is 23.5 Å². The fourth-order valence-electron chi connectivity index (χ4n) is 3.42. The molecule has 2 aromatic carbocycles. The van der Waals surface area contributed by atoms with Crippen molar-refractivity contribution in [2.45, 2.75) is 44.8 Å². The Morgan fingerprint density at radius 2 is 1.90 bits per heavy atom. The van der Waals surface area contributed by atoms with Gasteiger partial charge in [-0.05, 0) is 56.2 Å². The maximum Gasteiger partial charge on any atom is 0.411 e. The number of amides is 3. The topological polar surface area (TPSA) is 129 Å². The van der Waals surface area contributed by atoms with Gasteiger partial charge in [0.05, 0.1) is 31.7 Å². The number of alkyl halides is 1. The average Bonchev–Trinajstić information content (AvgIpc) is 2.87. The molecule has 204 valence electrons. The van der Waals surface area contributed by atoms with Gasteiger partial charge < -0.3 is 14.8 Å². The van der Waals surface area contributed by atoms with E-state index in [4.69, 9.17) is 26.3 Å². The average molecular weight is 555 g/mol. The molecule has 0 fully saturated rings. The first-order valence-corrected chi connectivity index (χ1v) is 12.3. The second kappa shape index (κ2) is 12.9. The van der Waals surface area contributed by atoms with Crippen molar-refractivity contribution in [2.24, 2.45) is 0 Å². The van der Waals surface area contributed by atoms with Gasteiger partial charge in [0.25, 0.3) is 0 Å². The number of ether oxygens (including phenoxy) is 2. The summed E-state index contributed by atoms with van der Waals surface area (Å²) in [4.78, 5) is 34.5. The van der Waals surface area contributed by atoms with Crippen molar-refractivity contribution in [2.75, 3.05) is 17.7 Å². The third kappa shape index (κ3) is 8.83. The number of nitrogens with one attached hydrogen (secondary N) is 2. The van der Waals surface area contributed by atoms with Crippen molar-refractivity contribution in [3.8, 4) is 11.8 Å². The van der Waals surface area contributed by atoms with E-state index in [9.17, 15) is 14.0 Å². The van der Waals surface area contributed by atoms with Crippen molar-refractivity contribution in [1.82, 2.24) is 14.9 Å². The molecule has 3 amide bonds. The fraction of sp³-hybridized carbons (Fsp3) is 0.296. The molecule has 0 saturated carbocycles. The van der Waals surface area contributed by atoms with Crippen LogP contribution in [0.15, 0.2) is 54.9 Å². The molecule has 0 spiro atoms. The van der Waals surface area contributed by atoms with Crippen LogP contribution in [0.1, 0.15) is 37.6 Å². The molecule has 0 aliphatic heterocycles. The van der Waals surface area contributed by atoms with Gasteiger partial charge in [0.15, 0.2) is 11.5 Å². The van der Waals surface area contributed by atoms with Crippen LogP contribution in [0.5, 0.6) is 5.75 Å². The van der Waals surface area contributed by atoms with Gasteiger partial charge in [-0.25, -0.2) is 23.9 Å². The Labute approximate surface area is 230 Å². The highest BCUT2D eigenvalue weighted by Gasteiger charge is 2.28. The lowest BCUT2D eigenvalue weighted by Crippen LogP contribution is -2.41. The maximum absolute atomic E-state index is 13.8. The summed E-state index contributed by atoms with van der Waals surface area (Å²) in [6, 6.07) is 12.2. The van der Waals surface area contributed by atoms with E-state index in [1.807, 2.05) is 6.07 Å². The summed E-state index contributed by atoms with van der Waals surface area (Å²) < 4.78 is 24.7. The van der Waals surface area contributed by atoms with Crippen LogP contribution >= 0.6 is 11.6 Å². The summed E-state index contributed by atoms with van der Waals surface area (Å²) in [7, 11) is 1.45. The Hall–Kier alpha value is -4.43. The zero-order valence-electron chi connectivity index (χ0n) is 21.9. The van der Waals surface area contributed by atoms with Gasteiger partial charge in [0.1, 0.15) is 28.7 Å². The predicted molar refractivity (Wildman–Crippen MR) is 144 cm³/mol. The first-order chi connectivity index (χ1) is 18.5. The summed E-state index contributed by atoms with van der Waals surface area (Å²) in [6.45, 7) is 5.27. The number of nitriles is 1. The van der Waals surface area contributed by atoms with Gasteiger partial charge in [0.2, 0.25) is 0 Å². The zero-order valence-corrected chi connectivity index (χ0v) is 22.6. The van der Waals surface area contributed by atoms with E-state index in [0.29, 0.717) is 22.6 Å². The number of carbonyl (C=O) groups is 2. The fourth-order valence-corrected chi connectivity index (χ4v) is 3.75. The minimum absolute atomic E-state index is 0.0377. The maximum atomic E-state index is 13.8. The monoisotopic (exact) mass is 554 g/mol. The number of rotatable bonds is 8. The molecule has 3 aromatic rings. The molecule has 2 N–H and O–H groups in total. The molecule has 10 nitrogen and oxygen atoms in total. The molecule has 39 heavy (non-hydrogen) atoms. The summed E-state index contributed by atoms with van der Waals surface area (Å²) in [5, 5.41) is 14.0. The Balaban J connectivity index is 1.74. The van der Waals surface area contributed by atoms with Gasteiger partial charge in [0, 0.05) is 6.42 Å². The van der Waals surface area contributed by atoms with Crippen molar-refractivity contribution in [1.29, 1.82) is 5.26 Å². The number of anilines is 2. The van der Waals surface area contributed by atoms with Gasteiger partial charge in [-0.15, -0.1) is 0 Å². The minimum atomic E-state index is -0.843. The molecular weight excluding hydrogens is 527 g/mol. The molecule has 1 atom stereocenters. The molecular formula is C27H28ClFN6O4. The number of hydrogen-bond donors (Lipinski definition) is 2. The van der Waals surface area contributed by atoms with Crippen LogP contribution in [0.2, 0.25) is 0 Å². The highest BCUT2D eigenvalue weighted by Crippen LogP contribution is 2.28. The first kappa shape index (κ1) is 29.1. The van der Waals surface area contributed by atoms with E-state index < -0.39 is 29.0 Å². The van der Waals surface area contributed by atoms with Crippen molar-refractivity contribution >= 4 is 35.2 Å². The van der Waals surface area contributed by atoms with Gasteiger partial charge in [-0.2, -0.15) is 5.26 Å². The smallest absolute Gasteiger partial charge is 0.411 e. The van der Waals surface area contributed by atoms with Crippen LogP contribution in [-0.2, 0) is 17.7 Å². The predicted octanol–water partition coefficient (Wildman–Crippen LogP) is 5.68. The number of aromatic nitrogens is 2. The van der Waals surface area contributed by atoms with Crippen LogP contribution < -0.4 is 15.4 Å².